The smallest absolute Gasteiger partial charge is 0.242 e. The fourth-order valence-electron chi connectivity index (χ4n) is 1.60. The average Bonchev–Trinajstić information content (AvgIpc) is 2.32. The van der Waals surface area contributed by atoms with Gasteiger partial charge in [-0.25, -0.2) is 4.39 Å². The summed E-state index contributed by atoms with van der Waals surface area (Å²) in [6.45, 7) is 6.57. The topological polar surface area (TPSA) is 41.1 Å². The van der Waals surface area contributed by atoms with Crippen LogP contribution in [0.2, 0.25) is 5.02 Å². The fraction of sp³-hybridized carbons (Fsp3) is 0.500. The highest BCUT2D eigenvalue weighted by molar-refractivity contribution is 9.10. The number of anilines is 1. The number of nitrogens with one attached hydrogen (secondary N) is 2. The van der Waals surface area contributed by atoms with Crippen LogP contribution in [-0.4, -0.2) is 18.5 Å². The molecule has 0 aliphatic rings. The number of amides is 1. The Morgan fingerprint density at radius 3 is 2.60 bits per heavy atom. The molecule has 1 unspecified atom stereocenters. The first kappa shape index (κ1) is 17.2. The maximum Gasteiger partial charge on any atom is 0.242 e. The second-order valence-electron chi connectivity index (χ2n) is 5.08. The van der Waals surface area contributed by atoms with Crippen LogP contribution in [0.5, 0.6) is 0 Å². The highest BCUT2D eigenvalue weighted by Crippen LogP contribution is 2.32. The van der Waals surface area contributed by atoms with E-state index in [2.05, 4.69) is 40.4 Å². The minimum absolute atomic E-state index is 0.113. The van der Waals surface area contributed by atoms with Crippen LogP contribution in [0.25, 0.3) is 0 Å². The zero-order chi connectivity index (χ0) is 15.3. The number of halogens is 3. The molecule has 3 nitrogen and oxygen atoms in total. The van der Waals surface area contributed by atoms with E-state index in [0.29, 0.717) is 22.6 Å². The summed E-state index contributed by atoms with van der Waals surface area (Å²) in [6.07, 6.45) is 0.930. The summed E-state index contributed by atoms with van der Waals surface area (Å²) in [5.74, 6) is -0.00124. The SMILES string of the molecule is CC(C)CCNC(=O)C(C)Nc1c(Cl)cc(F)cc1Br. The second-order valence-corrected chi connectivity index (χ2v) is 6.35. The zero-order valence-corrected chi connectivity index (χ0v) is 14.1. The van der Waals surface area contributed by atoms with Crippen LogP contribution in [-0.2, 0) is 4.79 Å². The van der Waals surface area contributed by atoms with Gasteiger partial charge in [-0.1, -0.05) is 25.4 Å². The maximum absolute atomic E-state index is 13.1. The summed E-state index contributed by atoms with van der Waals surface area (Å²) in [4.78, 5) is 11.9. The molecule has 2 N–H and O–H groups in total. The lowest BCUT2D eigenvalue weighted by Gasteiger charge is -2.18. The Hall–Kier alpha value is -0.810. The monoisotopic (exact) mass is 364 g/mol. The zero-order valence-electron chi connectivity index (χ0n) is 11.8. The molecule has 0 saturated carbocycles. The molecule has 1 rings (SSSR count). The van der Waals surface area contributed by atoms with E-state index in [1.54, 1.807) is 6.92 Å². The van der Waals surface area contributed by atoms with Crippen LogP contribution in [0, 0.1) is 11.7 Å². The van der Waals surface area contributed by atoms with Gasteiger partial charge in [-0.05, 0) is 47.3 Å². The van der Waals surface area contributed by atoms with Gasteiger partial charge in [0.1, 0.15) is 11.9 Å². The number of hydrogen-bond donors (Lipinski definition) is 2. The van der Waals surface area contributed by atoms with Crippen molar-refractivity contribution in [3.05, 3.63) is 27.4 Å². The summed E-state index contributed by atoms with van der Waals surface area (Å²) in [5, 5.41) is 6.07. The Kier molecular flexibility index (Phi) is 6.76. The molecule has 1 atom stereocenters. The number of hydrogen-bond acceptors (Lipinski definition) is 2. The van der Waals surface area contributed by atoms with Gasteiger partial charge in [-0.2, -0.15) is 0 Å². The molecule has 0 saturated heterocycles. The van der Waals surface area contributed by atoms with Gasteiger partial charge < -0.3 is 10.6 Å². The van der Waals surface area contributed by atoms with Crippen molar-refractivity contribution in [1.82, 2.24) is 5.32 Å². The molecule has 20 heavy (non-hydrogen) atoms. The lowest BCUT2D eigenvalue weighted by Crippen LogP contribution is -2.38. The van der Waals surface area contributed by atoms with E-state index in [-0.39, 0.29) is 10.9 Å². The molecule has 112 valence electrons. The molecular formula is C14H19BrClFN2O. The normalized spacial score (nSPS) is 12.3. The third kappa shape index (κ3) is 5.29. The van der Waals surface area contributed by atoms with Crippen molar-refractivity contribution >= 4 is 39.1 Å². The van der Waals surface area contributed by atoms with E-state index in [9.17, 15) is 9.18 Å². The molecular weight excluding hydrogens is 347 g/mol. The molecule has 1 aromatic rings. The predicted octanol–water partition coefficient (Wildman–Crippen LogP) is 4.20. The highest BCUT2D eigenvalue weighted by Gasteiger charge is 2.16. The van der Waals surface area contributed by atoms with Gasteiger partial charge in [0.15, 0.2) is 0 Å². The van der Waals surface area contributed by atoms with Crippen molar-refractivity contribution in [2.45, 2.75) is 33.2 Å². The quantitative estimate of drug-likeness (QED) is 0.793. The van der Waals surface area contributed by atoms with Gasteiger partial charge in [0, 0.05) is 11.0 Å². The van der Waals surface area contributed by atoms with Gasteiger partial charge in [-0.15, -0.1) is 0 Å². The van der Waals surface area contributed by atoms with Crippen molar-refractivity contribution in [1.29, 1.82) is 0 Å². The predicted molar refractivity (Wildman–Crippen MR) is 84.7 cm³/mol. The fourth-order valence-corrected chi connectivity index (χ4v) is 2.52. The van der Waals surface area contributed by atoms with E-state index >= 15 is 0 Å². The Bertz CT molecular complexity index is 459. The molecule has 0 aromatic heterocycles. The minimum Gasteiger partial charge on any atom is -0.372 e. The molecule has 0 spiro atoms. The number of benzene rings is 1. The largest absolute Gasteiger partial charge is 0.372 e. The van der Waals surface area contributed by atoms with Gasteiger partial charge in [0.2, 0.25) is 5.91 Å². The van der Waals surface area contributed by atoms with Gasteiger partial charge in [0.25, 0.3) is 0 Å². The lowest BCUT2D eigenvalue weighted by atomic mass is 10.1. The van der Waals surface area contributed by atoms with Crippen LogP contribution in [0.15, 0.2) is 16.6 Å². The summed E-state index contributed by atoms with van der Waals surface area (Å²) in [6, 6.07) is 2.05. The van der Waals surface area contributed by atoms with Gasteiger partial charge in [0.05, 0.1) is 10.7 Å². The first-order valence-electron chi connectivity index (χ1n) is 6.50. The van der Waals surface area contributed by atoms with Gasteiger partial charge >= 0.3 is 0 Å². The van der Waals surface area contributed by atoms with Crippen LogP contribution in [0.4, 0.5) is 10.1 Å². The van der Waals surface area contributed by atoms with Crippen LogP contribution in [0.1, 0.15) is 27.2 Å². The van der Waals surface area contributed by atoms with Crippen molar-refractivity contribution in [2.75, 3.05) is 11.9 Å². The van der Waals surface area contributed by atoms with Crippen molar-refractivity contribution < 1.29 is 9.18 Å². The van der Waals surface area contributed by atoms with Crippen LogP contribution >= 0.6 is 27.5 Å². The Morgan fingerprint density at radius 2 is 2.05 bits per heavy atom. The summed E-state index contributed by atoms with van der Waals surface area (Å²) >= 11 is 9.19. The Balaban J connectivity index is 2.62. The van der Waals surface area contributed by atoms with Crippen LogP contribution < -0.4 is 10.6 Å². The van der Waals surface area contributed by atoms with E-state index in [1.807, 2.05) is 0 Å². The summed E-state index contributed by atoms with van der Waals surface area (Å²) in [5.41, 5.74) is 0.513. The third-order valence-electron chi connectivity index (χ3n) is 2.78. The standard InChI is InChI=1S/C14H19BrClFN2O/c1-8(2)4-5-18-14(20)9(3)19-13-11(15)6-10(17)7-12(13)16/h6-9,19H,4-5H2,1-3H3,(H,18,20). The Morgan fingerprint density at radius 1 is 1.40 bits per heavy atom. The van der Waals surface area contributed by atoms with Crippen molar-refractivity contribution in [3.8, 4) is 0 Å². The summed E-state index contributed by atoms with van der Waals surface area (Å²) < 4.78 is 13.6. The molecule has 6 heteroatoms. The van der Waals surface area contributed by atoms with E-state index in [0.717, 1.165) is 6.42 Å². The molecule has 0 radical (unpaired) electrons. The van der Waals surface area contributed by atoms with Crippen molar-refractivity contribution in [3.63, 3.8) is 0 Å². The summed E-state index contributed by atoms with van der Waals surface area (Å²) in [7, 11) is 0. The molecule has 0 aliphatic heterocycles. The van der Waals surface area contributed by atoms with E-state index < -0.39 is 11.9 Å². The maximum atomic E-state index is 13.1. The van der Waals surface area contributed by atoms with E-state index in [4.69, 9.17) is 11.6 Å². The molecule has 0 heterocycles. The minimum atomic E-state index is -0.457. The molecule has 0 bridgehead atoms. The number of rotatable bonds is 6. The average molecular weight is 366 g/mol. The first-order valence-corrected chi connectivity index (χ1v) is 7.67. The van der Waals surface area contributed by atoms with Crippen molar-refractivity contribution in [2.24, 2.45) is 5.92 Å². The molecule has 0 fully saturated rings. The lowest BCUT2D eigenvalue weighted by molar-refractivity contribution is -0.121. The van der Waals surface area contributed by atoms with Gasteiger partial charge in [-0.3, -0.25) is 4.79 Å². The third-order valence-corrected chi connectivity index (χ3v) is 3.71. The molecule has 1 amide bonds. The van der Waals surface area contributed by atoms with E-state index in [1.165, 1.54) is 12.1 Å². The molecule has 0 aliphatic carbocycles. The number of carbonyl (C=O) groups is 1. The highest BCUT2D eigenvalue weighted by atomic mass is 79.9. The van der Waals surface area contributed by atoms with Crippen LogP contribution in [0.3, 0.4) is 0 Å². The second kappa shape index (κ2) is 7.84. The molecule has 1 aromatic carbocycles. The Labute approximate surface area is 132 Å². The number of carbonyl (C=O) groups excluding carboxylic acids is 1. The first-order chi connectivity index (χ1) is 9.31.